The van der Waals surface area contributed by atoms with Gasteiger partial charge in [0.05, 0.1) is 28.2 Å². The fourth-order valence-electron chi connectivity index (χ4n) is 2.47. The molecule has 128 valence electrons. The van der Waals surface area contributed by atoms with Crippen molar-refractivity contribution in [1.29, 1.82) is 0 Å². The van der Waals surface area contributed by atoms with E-state index in [1.807, 2.05) is 48.5 Å². The number of hydrogen-bond donors (Lipinski definition) is 1. The molecule has 4 rings (SSSR count). The first-order valence-corrected chi connectivity index (χ1v) is 9.09. The van der Waals surface area contributed by atoms with Crippen LogP contribution < -0.4 is 5.32 Å². The molecule has 7 heteroatoms. The van der Waals surface area contributed by atoms with Gasteiger partial charge in [-0.1, -0.05) is 29.8 Å². The number of hydrogen-bond acceptors (Lipinski definition) is 5. The Hall–Kier alpha value is -2.70. The molecule has 1 aliphatic heterocycles. The van der Waals surface area contributed by atoms with Crippen molar-refractivity contribution in [2.75, 3.05) is 0 Å². The third kappa shape index (κ3) is 3.61. The summed E-state index contributed by atoms with van der Waals surface area (Å²) in [5.74, 6) is -0.180. The second-order valence-corrected chi connectivity index (χ2v) is 6.99. The van der Waals surface area contributed by atoms with Crippen molar-refractivity contribution >= 4 is 51.5 Å². The fraction of sp³-hybridized carbons (Fsp3) is 0.0526. The number of amidine groups is 1. The molecule has 1 fully saturated rings. The Morgan fingerprint density at radius 1 is 1.12 bits per heavy atom. The Bertz CT molecular complexity index is 1060. The number of pyridine rings is 2. The van der Waals surface area contributed by atoms with Crippen LogP contribution in [0, 0.1) is 0 Å². The minimum Gasteiger partial charge on any atom is -0.301 e. The van der Waals surface area contributed by atoms with Crippen molar-refractivity contribution in [3.8, 4) is 0 Å². The first kappa shape index (κ1) is 16.8. The van der Waals surface area contributed by atoms with Crippen molar-refractivity contribution in [3.63, 3.8) is 0 Å². The van der Waals surface area contributed by atoms with E-state index in [9.17, 15) is 4.79 Å². The maximum Gasteiger partial charge on any atom is 0.264 e. The lowest BCUT2D eigenvalue weighted by Crippen LogP contribution is -2.19. The zero-order valence-electron chi connectivity index (χ0n) is 13.5. The number of amides is 1. The average molecular weight is 381 g/mol. The van der Waals surface area contributed by atoms with Gasteiger partial charge in [0, 0.05) is 11.2 Å². The van der Waals surface area contributed by atoms with Gasteiger partial charge in [-0.3, -0.25) is 14.8 Å². The van der Waals surface area contributed by atoms with Gasteiger partial charge in [0.25, 0.3) is 5.91 Å². The molecule has 0 atom stereocenters. The summed E-state index contributed by atoms with van der Waals surface area (Å²) in [7, 11) is 0. The van der Waals surface area contributed by atoms with Crippen molar-refractivity contribution in [2.45, 2.75) is 6.54 Å². The van der Waals surface area contributed by atoms with Crippen LogP contribution in [0.25, 0.3) is 17.1 Å². The van der Waals surface area contributed by atoms with E-state index in [1.54, 1.807) is 12.3 Å². The second-order valence-electron chi connectivity index (χ2n) is 5.56. The van der Waals surface area contributed by atoms with Crippen LogP contribution in [0.2, 0.25) is 5.02 Å². The van der Waals surface area contributed by atoms with E-state index < -0.39 is 0 Å². The predicted molar refractivity (Wildman–Crippen MR) is 106 cm³/mol. The number of thioether (sulfide) groups is 1. The Morgan fingerprint density at radius 2 is 2.00 bits per heavy atom. The number of halogens is 1. The van der Waals surface area contributed by atoms with Gasteiger partial charge < -0.3 is 5.32 Å². The van der Waals surface area contributed by atoms with Crippen molar-refractivity contribution in [3.05, 3.63) is 75.9 Å². The highest BCUT2D eigenvalue weighted by Gasteiger charge is 2.23. The van der Waals surface area contributed by atoms with Gasteiger partial charge in [-0.05, 0) is 53.7 Å². The molecule has 1 saturated heterocycles. The first-order chi connectivity index (χ1) is 12.7. The summed E-state index contributed by atoms with van der Waals surface area (Å²) < 4.78 is 0. The van der Waals surface area contributed by atoms with Crippen molar-refractivity contribution in [1.82, 2.24) is 15.3 Å². The van der Waals surface area contributed by atoms with Gasteiger partial charge in [0.1, 0.15) is 0 Å². The SMILES string of the molecule is O=C1NC(=NCc2ccccc2Cl)SC1=Cc1ccc2ncccc2n1. The van der Waals surface area contributed by atoms with Crippen LogP contribution in [0.4, 0.5) is 0 Å². The normalized spacial score (nSPS) is 17.2. The number of nitrogens with zero attached hydrogens (tertiary/aromatic N) is 3. The summed E-state index contributed by atoms with van der Waals surface area (Å²) in [4.78, 5) is 25.9. The maximum absolute atomic E-state index is 12.2. The highest BCUT2D eigenvalue weighted by atomic mass is 35.5. The number of benzene rings is 1. The van der Waals surface area contributed by atoms with Gasteiger partial charge in [-0.2, -0.15) is 0 Å². The van der Waals surface area contributed by atoms with E-state index in [2.05, 4.69) is 20.3 Å². The molecule has 0 spiro atoms. The largest absolute Gasteiger partial charge is 0.301 e. The van der Waals surface area contributed by atoms with E-state index in [0.717, 1.165) is 16.6 Å². The van der Waals surface area contributed by atoms with E-state index >= 15 is 0 Å². The third-order valence-electron chi connectivity index (χ3n) is 3.76. The number of fused-ring (bicyclic) bond motifs is 1. The smallest absolute Gasteiger partial charge is 0.264 e. The number of nitrogens with one attached hydrogen (secondary N) is 1. The fourth-order valence-corrected chi connectivity index (χ4v) is 3.47. The van der Waals surface area contributed by atoms with Gasteiger partial charge in [-0.25, -0.2) is 4.98 Å². The highest BCUT2D eigenvalue weighted by molar-refractivity contribution is 8.18. The molecule has 26 heavy (non-hydrogen) atoms. The van der Waals surface area contributed by atoms with Crippen LogP contribution in [0.5, 0.6) is 0 Å². The molecular weight excluding hydrogens is 368 g/mol. The molecule has 0 radical (unpaired) electrons. The Morgan fingerprint density at radius 3 is 2.88 bits per heavy atom. The molecule has 1 aromatic carbocycles. The molecule has 2 aromatic heterocycles. The van der Waals surface area contributed by atoms with Gasteiger partial charge >= 0.3 is 0 Å². The van der Waals surface area contributed by atoms with Gasteiger partial charge in [-0.15, -0.1) is 0 Å². The van der Waals surface area contributed by atoms with E-state index in [0.29, 0.717) is 27.3 Å². The monoisotopic (exact) mass is 380 g/mol. The summed E-state index contributed by atoms with van der Waals surface area (Å²) in [5, 5.41) is 4.00. The predicted octanol–water partition coefficient (Wildman–Crippen LogP) is 4.04. The average Bonchev–Trinajstić information content (AvgIpc) is 3.00. The number of aromatic nitrogens is 2. The maximum atomic E-state index is 12.2. The lowest BCUT2D eigenvalue weighted by molar-refractivity contribution is -0.115. The molecule has 3 heterocycles. The summed E-state index contributed by atoms with van der Waals surface area (Å²) in [6, 6.07) is 15.0. The molecular formula is C19H13ClN4OS. The van der Waals surface area contributed by atoms with Gasteiger partial charge in [0.2, 0.25) is 0 Å². The molecule has 0 saturated carbocycles. The molecule has 5 nitrogen and oxygen atoms in total. The number of rotatable bonds is 3. The Kier molecular flexibility index (Phi) is 4.69. The van der Waals surface area contributed by atoms with Crippen LogP contribution in [0.15, 0.2) is 64.6 Å². The summed E-state index contributed by atoms with van der Waals surface area (Å²) in [5.41, 5.74) is 3.23. The van der Waals surface area contributed by atoms with Crippen LogP contribution in [-0.4, -0.2) is 21.0 Å². The van der Waals surface area contributed by atoms with Gasteiger partial charge in [0.15, 0.2) is 5.17 Å². The van der Waals surface area contributed by atoms with Crippen molar-refractivity contribution in [2.24, 2.45) is 4.99 Å². The van der Waals surface area contributed by atoms with E-state index in [1.165, 1.54) is 11.8 Å². The molecule has 1 amide bonds. The molecule has 0 aliphatic carbocycles. The lowest BCUT2D eigenvalue weighted by Gasteiger charge is -2.00. The van der Waals surface area contributed by atoms with Crippen LogP contribution in [0.3, 0.4) is 0 Å². The highest BCUT2D eigenvalue weighted by Crippen LogP contribution is 2.26. The number of aliphatic imine (C=N–C) groups is 1. The lowest BCUT2D eigenvalue weighted by atomic mass is 10.2. The Labute approximate surface area is 159 Å². The summed E-state index contributed by atoms with van der Waals surface area (Å²) in [6.45, 7) is 0.412. The summed E-state index contributed by atoms with van der Waals surface area (Å²) in [6.07, 6.45) is 3.48. The molecule has 0 bridgehead atoms. The van der Waals surface area contributed by atoms with Crippen LogP contribution in [0.1, 0.15) is 11.3 Å². The zero-order chi connectivity index (χ0) is 17.9. The van der Waals surface area contributed by atoms with Crippen molar-refractivity contribution < 1.29 is 4.79 Å². The summed E-state index contributed by atoms with van der Waals surface area (Å²) >= 11 is 7.43. The second kappa shape index (κ2) is 7.27. The molecule has 1 aliphatic rings. The third-order valence-corrected chi connectivity index (χ3v) is 5.07. The molecule has 0 unspecified atom stereocenters. The Balaban J connectivity index is 1.54. The first-order valence-electron chi connectivity index (χ1n) is 7.89. The minimum atomic E-state index is -0.180. The minimum absolute atomic E-state index is 0.180. The van der Waals surface area contributed by atoms with E-state index in [4.69, 9.17) is 11.6 Å². The van der Waals surface area contributed by atoms with Crippen LogP contribution >= 0.6 is 23.4 Å². The van der Waals surface area contributed by atoms with Crippen LogP contribution in [-0.2, 0) is 11.3 Å². The quantitative estimate of drug-likeness (QED) is 0.696. The standard InChI is InChI=1S/C19H13ClN4OS/c20-14-5-2-1-4-12(14)11-22-19-24-18(25)17(26-19)10-13-7-8-15-16(23-13)6-3-9-21-15/h1-10H,11H2,(H,22,24,25). The molecule has 1 N–H and O–H groups in total. The van der Waals surface area contributed by atoms with E-state index in [-0.39, 0.29) is 5.91 Å². The molecule has 3 aromatic rings. The number of carbonyl (C=O) groups excluding carboxylic acids is 1. The zero-order valence-corrected chi connectivity index (χ0v) is 15.1. The number of carbonyl (C=O) groups is 1. The topological polar surface area (TPSA) is 67.2 Å².